The maximum absolute atomic E-state index is 11.3. The summed E-state index contributed by atoms with van der Waals surface area (Å²) in [5.41, 5.74) is 0. The first-order valence-electron chi connectivity index (χ1n) is 5.10. The highest BCUT2D eigenvalue weighted by atomic mass is 16.2. The Kier molecular flexibility index (Phi) is 6.37. The van der Waals surface area contributed by atoms with Crippen LogP contribution in [0.4, 0.5) is 4.79 Å². The SMILES string of the molecule is CCCC(C)CN(C)C(=O)NCC. The second-order valence-corrected chi connectivity index (χ2v) is 3.61. The van der Waals surface area contributed by atoms with Gasteiger partial charge in [-0.15, -0.1) is 0 Å². The fraction of sp³-hybridized carbons (Fsp3) is 0.900. The van der Waals surface area contributed by atoms with Crippen molar-refractivity contribution >= 4 is 6.03 Å². The van der Waals surface area contributed by atoms with Gasteiger partial charge < -0.3 is 10.2 Å². The lowest BCUT2D eigenvalue weighted by atomic mass is 10.1. The molecule has 0 spiro atoms. The Hall–Kier alpha value is -0.730. The average molecular weight is 186 g/mol. The Bertz CT molecular complexity index is 148. The van der Waals surface area contributed by atoms with Crippen LogP contribution in [0.3, 0.4) is 0 Å². The van der Waals surface area contributed by atoms with E-state index in [1.165, 1.54) is 12.8 Å². The van der Waals surface area contributed by atoms with Crippen LogP contribution in [0.25, 0.3) is 0 Å². The van der Waals surface area contributed by atoms with E-state index in [-0.39, 0.29) is 6.03 Å². The van der Waals surface area contributed by atoms with Gasteiger partial charge in [0.2, 0.25) is 0 Å². The zero-order valence-electron chi connectivity index (χ0n) is 9.26. The molecule has 3 heteroatoms. The van der Waals surface area contributed by atoms with Gasteiger partial charge in [-0.25, -0.2) is 4.79 Å². The molecule has 0 saturated carbocycles. The third kappa shape index (κ3) is 5.50. The van der Waals surface area contributed by atoms with Crippen molar-refractivity contribution in [3.63, 3.8) is 0 Å². The molecular formula is C10H22N2O. The van der Waals surface area contributed by atoms with Crippen molar-refractivity contribution in [1.82, 2.24) is 10.2 Å². The summed E-state index contributed by atoms with van der Waals surface area (Å²) in [7, 11) is 1.84. The van der Waals surface area contributed by atoms with E-state index in [2.05, 4.69) is 19.2 Å². The van der Waals surface area contributed by atoms with Gasteiger partial charge in [0.15, 0.2) is 0 Å². The predicted molar refractivity (Wildman–Crippen MR) is 55.8 cm³/mol. The Morgan fingerprint density at radius 3 is 2.54 bits per heavy atom. The average Bonchev–Trinajstić information content (AvgIpc) is 2.05. The molecule has 0 aliphatic rings. The van der Waals surface area contributed by atoms with E-state index in [1.54, 1.807) is 4.90 Å². The van der Waals surface area contributed by atoms with Crippen LogP contribution in [0.1, 0.15) is 33.6 Å². The van der Waals surface area contributed by atoms with Gasteiger partial charge >= 0.3 is 6.03 Å². The number of hydrogen-bond donors (Lipinski definition) is 1. The van der Waals surface area contributed by atoms with Crippen LogP contribution >= 0.6 is 0 Å². The molecule has 0 aromatic heterocycles. The highest BCUT2D eigenvalue weighted by Gasteiger charge is 2.10. The van der Waals surface area contributed by atoms with Gasteiger partial charge in [-0.05, 0) is 19.3 Å². The number of amides is 2. The van der Waals surface area contributed by atoms with E-state index in [4.69, 9.17) is 0 Å². The highest BCUT2D eigenvalue weighted by Crippen LogP contribution is 2.06. The Morgan fingerprint density at radius 1 is 1.46 bits per heavy atom. The third-order valence-corrected chi connectivity index (χ3v) is 2.04. The van der Waals surface area contributed by atoms with E-state index in [0.29, 0.717) is 12.5 Å². The number of nitrogens with zero attached hydrogens (tertiary/aromatic N) is 1. The maximum Gasteiger partial charge on any atom is 0.317 e. The number of hydrogen-bond acceptors (Lipinski definition) is 1. The smallest absolute Gasteiger partial charge is 0.317 e. The zero-order chi connectivity index (χ0) is 10.3. The van der Waals surface area contributed by atoms with E-state index >= 15 is 0 Å². The summed E-state index contributed by atoms with van der Waals surface area (Å²) < 4.78 is 0. The van der Waals surface area contributed by atoms with Gasteiger partial charge in [0.25, 0.3) is 0 Å². The lowest BCUT2D eigenvalue weighted by Gasteiger charge is -2.21. The molecule has 0 heterocycles. The summed E-state index contributed by atoms with van der Waals surface area (Å²) in [5.74, 6) is 0.595. The molecule has 78 valence electrons. The molecule has 1 atom stereocenters. The van der Waals surface area contributed by atoms with E-state index in [1.807, 2.05) is 14.0 Å². The maximum atomic E-state index is 11.3. The van der Waals surface area contributed by atoms with Crippen molar-refractivity contribution in [3.05, 3.63) is 0 Å². The summed E-state index contributed by atoms with van der Waals surface area (Å²) >= 11 is 0. The lowest BCUT2D eigenvalue weighted by molar-refractivity contribution is 0.201. The second kappa shape index (κ2) is 6.75. The largest absolute Gasteiger partial charge is 0.338 e. The monoisotopic (exact) mass is 186 g/mol. The molecule has 0 aromatic rings. The van der Waals surface area contributed by atoms with Crippen LogP contribution in [0.15, 0.2) is 0 Å². The van der Waals surface area contributed by atoms with Crippen molar-refractivity contribution in [1.29, 1.82) is 0 Å². The summed E-state index contributed by atoms with van der Waals surface area (Å²) in [5, 5.41) is 2.78. The summed E-state index contributed by atoms with van der Waals surface area (Å²) in [6.45, 7) is 7.83. The van der Waals surface area contributed by atoms with Crippen molar-refractivity contribution in [2.75, 3.05) is 20.1 Å². The molecule has 2 amide bonds. The molecule has 0 aliphatic carbocycles. The number of rotatable bonds is 5. The molecule has 0 aromatic carbocycles. The molecule has 1 N–H and O–H groups in total. The van der Waals surface area contributed by atoms with Gasteiger partial charge in [-0.3, -0.25) is 0 Å². The van der Waals surface area contributed by atoms with E-state index in [9.17, 15) is 4.79 Å². The molecule has 0 saturated heterocycles. The predicted octanol–water partition coefficient (Wildman–Crippen LogP) is 2.08. The number of carbonyl (C=O) groups is 1. The minimum absolute atomic E-state index is 0.0328. The summed E-state index contributed by atoms with van der Waals surface area (Å²) in [6.07, 6.45) is 2.37. The lowest BCUT2D eigenvalue weighted by Crippen LogP contribution is -2.39. The number of carbonyl (C=O) groups excluding carboxylic acids is 1. The van der Waals surface area contributed by atoms with Gasteiger partial charge in [0.1, 0.15) is 0 Å². The standard InChI is InChI=1S/C10H22N2O/c1-5-7-9(3)8-12(4)10(13)11-6-2/h9H,5-8H2,1-4H3,(H,11,13). The minimum atomic E-state index is 0.0328. The van der Waals surface area contributed by atoms with Crippen LogP contribution in [-0.4, -0.2) is 31.1 Å². The van der Waals surface area contributed by atoms with Crippen LogP contribution in [0.5, 0.6) is 0 Å². The quantitative estimate of drug-likeness (QED) is 0.700. The van der Waals surface area contributed by atoms with E-state index in [0.717, 1.165) is 6.54 Å². The normalized spacial score (nSPS) is 12.3. The van der Waals surface area contributed by atoms with Crippen LogP contribution in [0.2, 0.25) is 0 Å². The Balaban J connectivity index is 3.71. The molecule has 1 unspecified atom stereocenters. The van der Waals surface area contributed by atoms with Crippen LogP contribution in [0, 0.1) is 5.92 Å². The molecule has 0 radical (unpaired) electrons. The number of urea groups is 1. The van der Waals surface area contributed by atoms with Crippen molar-refractivity contribution < 1.29 is 4.79 Å². The third-order valence-electron chi connectivity index (χ3n) is 2.04. The first kappa shape index (κ1) is 12.3. The molecule has 3 nitrogen and oxygen atoms in total. The van der Waals surface area contributed by atoms with E-state index < -0.39 is 0 Å². The van der Waals surface area contributed by atoms with Gasteiger partial charge in [0.05, 0.1) is 0 Å². The fourth-order valence-electron chi connectivity index (χ4n) is 1.42. The molecule has 13 heavy (non-hydrogen) atoms. The molecule has 0 fully saturated rings. The summed E-state index contributed by atoms with van der Waals surface area (Å²) in [6, 6.07) is 0.0328. The van der Waals surface area contributed by atoms with Gasteiger partial charge in [-0.2, -0.15) is 0 Å². The zero-order valence-corrected chi connectivity index (χ0v) is 9.26. The van der Waals surface area contributed by atoms with Crippen LogP contribution in [-0.2, 0) is 0 Å². The van der Waals surface area contributed by atoms with Crippen molar-refractivity contribution in [2.45, 2.75) is 33.6 Å². The molecule has 0 aliphatic heterocycles. The minimum Gasteiger partial charge on any atom is -0.338 e. The first-order chi connectivity index (χ1) is 6.11. The van der Waals surface area contributed by atoms with Crippen LogP contribution < -0.4 is 5.32 Å². The first-order valence-corrected chi connectivity index (χ1v) is 5.10. The number of nitrogens with one attached hydrogen (secondary N) is 1. The molecular weight excluding hydrogens is 164 g/mol. The van der Waals surface area contributed by atoms with Gasteiger partial charge in [-0.1, -0.05) is 20.3 Å². The van der Waals surface area contributed by atoms with Gasteiger partial charge in [0, 0.05) is 20.1 Å². The topological polar surface area (TPSA) is 32.3 Å². The summed E-state index contributed by atoms with van der Waals surface area (Å²) in [4.78, 5) is 13.1. The molecule has 0 rings (SSSR count). The molecule has 0 bridgehead atoms. The Morgan fingerprint density at radius 2 is 2.08 bits per heavy atom. The fourth-order valence-corrected chi connectivity index (χ4v) is 1.42. The van der Waals surface area contributed by atoms with Crippen molar-refractivity contribution in [2.24, 2.45) is 5.92 Å². The second-order valence-electron chi connectivity index (χ2n) is 3.61. The Labute approximate surface area is 81.5 Å². The van der Waals surface area contributed by atoms with Crippen molar-refractivity contribution in [3.8, 4) is 0 Å². The highest BCUT2D eigenvalue weighted by molar-refractivity contribution is 5.73.